The molecule has 2 heterocycles. The van der Waals surface area contributed by atoms with Crippen molar-refractivity contribution in [1.82, 2.24) is 19.7 Å². The Morgan fingerprint density at radius 1 is 1.31 bits per heavy atom. The molecule has 0 bridgehead atoms. The number of thioether (sulfide) groups is 1. The molecule has 7 nitrogen and oxygen atoms in total. The van der Waals surface area contributed by atoms with Crippen LogP contribution >= 0.6 is 11.8 Å². The summed E-state index contributed by atoms with van der Waals surface area (Å²) in [5.41, 5.74) is 0.910. The summed E-state index contributed by atoms with van der Waals surface area (Å²) in [4.78, 5) is 13.9. The molecule has 8 heteroatoms. The average molecular weight is 372 g/mol. The molecule has 0 N–H and O–H groups in total. The molecule has 0 unspecified atom stereocenters. The highest BCUT2D eigenvalue weighted by Gasteiger charge is 2.16. The lowest BCUT2D eigenvalue weighted by molar-refractivity contribution is -0.127. The number of furan rings is 1. The molecule has 0 fully saturated rings. The largest absolute Gasteiger partial charge is 0.497 e. The minimum absolute atomic E-state index is 0.00247. The summed E-state index contributed by atoms with van der Waals surface area (Å²) in [5, 5.41) is 9.13. The van der Waals surface area contributed by atoms with E-state index in [2.05, 4.69) is 10.2 Å². The second-order valence-corrected chi connectivity index (χ2v) is 6.66. The SMILES string of the molecule is COc1cccc(-c2nnc(SCC(=O)N(C)Cc3ccco3)n2C)c1. The highest BCUT2D eigenvalue weighted by Crippen LogP contribution is 2.25. The molecule has 0 aliphatic carbocycles. The number of nitrogens with zero attached hydrogens (tertiary/aromatic N) is 4. The smallest absolute Gasteiger partial charge is 0.233 e. The zero-order valence-corrected chi connectivity index (χ0v) is 15.7. The summed E-state index contributed by atoms with van der Waals surface area (Å²) in [7, 11) is 5.26. The lowest BCUT2D eigenvalue weighted by Gasteiger charge is -2.15. The van der Waals surface area contributed by atoms with Gasteiger partial charge in [-0.25, -0.2) is 0 Å². The van der Waals surface area contributed by atoms with Crippen LogP contribution < -0.4 is 4.74 Å². The summed E-state index contributed by atoms with van der Waals surface area (Å²) >= 11 is 1.36. The Morgan fingerprint density at radius 3 is 2.88 bits per heavy atom. The summed E-state index contributed by atoms with van der Waals surface area (Å²) < 4.78 is 12.4. The standard InChI is InChI=1S/C18H20N4O3S/c1-21(11-15-8-5-9-25-15)16(23)12-26-18-20-19-17(22(18)2)13-6-4-7-14(10-13)24-3/h4-10H,11-12H2,1-3H3. The third kappa shape index (κ3) is 4.08. The summed E-state index contributed by atoms with van der Waals surface area (Å²) in [6, 6.07) is 11.3. The van der Waals surface area contributed by atoms with E-state index in [1.54, 1.807) is 25.3 Å². The minimum atomic E-state index is -0.00247. The normalized spacial score (nSPS) is 10.7. The number of aromatic nitrogens is 3. The number of rotatable bonds is 7. The number of hydrogen-bond donors (Lipinski definition) is 0. The van der Waals surface area contributed by atoms with Crippen molar-refractivity contribution in [3.63, 3.8) is 0 Å². The fraction of sp³-hybridized carbons (Fsp3) is 0.278. The van der Waals surface area contributed by atoms with Crippen LogP contribution in [0, 0.1) is 0 Å². The first-order valence-corrected chi connectivity index (χ1v) is 9.00. The number of carbonyl (C=O) groups excluding carboxylic acids is 1. The summed E-state index contributed by atoms with van der Waals surface area (Å²) in [6.45, 7) is 0.445. The molecule has 26 heavy (non-hydrogen) atoms. The van der Waals surface area contributed by atoms with Gasteiger partial charge in [-0.05, 0) is 24.3 Å². The molecule has 0 saturated heterocycles. The van der Waals surface area contributed by atoms with Crippen LogP contribution in [0.1, 0.15) is 5.76 Å². The molecule has 0 atom stereocenters. The van der Waals surface area contributed by atoms with E-state index in [1.165, 1.54) is 11.8 Å². The topological polar surface area (TPSA) is 73.4 Å². The van der Waals surface area contributed by atoms with Crippen LogP contribution in [-0.2, 0) is 18.4 Å². The van der Waals surface area contributed by atoms with Gasteiger partial charge in [-0.1, -0.05) is 23.9 Å². The maximum Gasteiger partial charge on any atom is 0.233 e. The van der Waals surface area contributed by atoms with E-state index >= 15 is 0 Å². The zero-order chi connectivity index (χ0) is 18.5. The minimum Gasteiger partial charge on any atom is -0.497 e. The monoisotopic (exact) mass is 372 g/mol. The van der Waals surface area contributed by atoms with Crippen LogP contribution in [0.4, 0.5) is 0 Å². The van der Waals surface area contributed by atoms with E-state index in [-0.39, 0.29) is 11.7 Å². The highest BCUT2D eigenvalue weighted by atomic mass is 32.2. The molecule has 0 radical (unpaired) electrons. The van der Waals surface area contributed by atoms with Gasteiger partial charge in [-0.3, -0.25) is 4.79 Å². The first-order valence-electron chi connectivity index (χ1n) is 8.01. The number of amides is 1. The molecule has 3 aromatic rings. The van der Waals surface area contributed by atoms with E-state index in [0.717, 1.165) is 22.9 Å². The zero-order valence-electron chi connectivity index (χ0n) is 14.9. The molecule has 1 amide bonds. The van der Waals surface area contributed by atoms with Crippen LogP contribution in [0.3, 0.4) is 0 Å². The van der Waals surface area contributed by atoms with Crippen molar-refractivity contribution in [1.29, 1.82) is 0 Å². The quantitative estimate of drug-likeness (QED) is 0.594. The van der Waals surface area contributed by atoms with Crippen LogP contribution in [0.5, 0.6) is 5.75 Å². The lowest BCUT2D eigenvalue weighted by atomic mass is 10.2. The average Bonchev–Trinajstić information content (AvgIpc) is 3.29. The number of benzene rings is 1. The van der Waals surface area contributed by atoms with Gasteiger partial charge in [0.2, 0.25) is 5.91 Å². The lowest BCUT2D eigenvalue weighted by Crippen LogP contribution is -2.27. The van der Waals surface area contributed by atoms with Gasteiger partial charge in [0, 0.05) is 19.7 Å². The molecule has 2 aromatic heterocycles. The number of hydrogen-bond acceptors (Lipinski definition) is 6. The Bertz CT molecular complexity index is 876. The van der Waals surface area contributed by atoms with Crippen molar-refractivity contribution in [2.75, 3.05) is 19.9 Å². The van der Waals surface area contributed by atoms with Crippen molar-refractivity contribution in [3.05, 3.63) is 48.4 Å². The van der Waals surface area contributed by atoms with Gasteiger partial charge in [0.25, 0.3) is 0 Å². The molecule has 0 spiro atoms. The van der Waals surface area contributed by atoms with Crippen LogP contribution in [0.25, 0.3) is 11.4 Å². The molecular formula is C18H20N4O3S. The molecule has 0 saturated carbocycles. The maximum absolute atomic E-state index is 12.3. The third-order valence-corrected chi connectivity index (χ3v) is 4.89. The molecular weight excluding hydrogens is 352 g/mol. The molecule has 1 aromatic carbocycles. The highest BCUT2D eigenvalue weighted by molar-refractivity contribution is 7.99. The summed E-state index contributed by atoms with van der Waals surface area (Å²) in [5.74, 6) is 2.51. The van der Waals surface area contributed by atoms with Gasteiger partial charge in [0.1, 0.15) is 11.5 Å². The van der Waals surface area contributed by atoms with E-state index in [4.69, 9.17) is 9.15 Å². The number of ether oxygens (including phenoxy) is 1. The van der Waals surface area contributed by atoms with Crippen LogP contribution in [0.2, 0.25) is 0 Å². The van der Waals surface area contributed by atoms with Crippen molar-refractivity contribution in [3.8, 4) is 17.1 Å². The van der Waals surface area contributed by atoms with Crippen LogP contribution in [-0.4, -0.2) is 45.5 Å². The predicted molar refractivity (Wildman–Crippen MR) is 98.9 cm³/mol. The second-order valence-electron chi connectivity index (χ2n) is 5.71. The Kier molecular flexibility index (Phi) is 5.62. The van der Waals surface area contributed by atoms with Gasteiger partial charge in [0.05, 0.1) is 25.7 Å². The number of methoxy groups -OCH3 is 1. The Labute approximate surface area is 156 Å². The second kappa shape index (κ2) is 8.09. The van der Waals surface area contributed by atoms with Gasteiger partial charge in [-0.15, -0.1) is 10.2 Å². The predicted octanol–water partition coefficient (Wildman–Crippen LogP) is 2.83. The number of carbonyl (C=O) groups is 1. The van der Waals surface area contributed by atoms with Gasteiger partial charge >= 0.3 is 0 Å². The molecule has 136 valence electrons. The fourth-order valence-electron chi connectivity index (χ4n) is 2.42. The van der Waals surface area contributed by atoms with Gasteiger partial charge in [0.15, 0.2) is 11.0 Å². The van der Waals surface area contributed by atoms with E-state index in [1.807, 2.05) is 48.0 Å². The van der Waals surface area contributed by atoms with Gasteiger partial charge in [-0.2, -0.15) is 0 Å². The van der Waals surface area contributed by atoms with E-state index < -0.39 is 0 Å². The molecule has 3 rings (SSSR count). The van der Waals surface area contributed by atoms with Crippen molar-refractivity contribution < 1.29 is 13.9 Å². The maximum atomic E-state index is 12.3. The third-order valence-electron chi connectivity index (χ3n) is 3.89. The Morgan fingerprint density at radius 2 is 2.15 bits per heavy atom. The Balaban J connectivity index is 1.64. The van der Waals surface area contributed by atoms with Crippen LogP contribution in [0.15, 0.2) is 52.2 Å². The van der Waals surface area contributed by atoms with Crippen molar-refractivity contribution >= 4 is 17.7 Å². The first kappa shape index (κ1) is 18.1. The van der Waals surface area contributed by atoms with E-state index in [0.29, 0.717) is 11.7 Å². The molecule has 0 aliphatic heterocycles. The molecule has 0 aliphatic rings. The summed E-state index contributed by atoms with van der Waals surface area (Å²) in [6.07, 6.45) is 1.60. The Hall–Kier alpha value is -2.74. The van der Waals surface area contributed by atoms with Crippen molar-refractivity contribution in [2.24, 2.45) is 7.05 Å². The fourth-order valence-corrected chi connectivity index (χ4v) is 3.27. The first-order chi connectivity index (χ1) is 12.6. The van der Waals surface area contributed by atoms with Crippen molar-refractivity contribution in [2.45, 2.75) is 11.7 Å². The van der Waals surface area contributed by atoms with Gasteiger partial charge < -0.3 is 18.6 Å². The van der Waals surface area contributed by atoms with E-state index in [9.17, 15) is 4.79 Å².